The molecule has 2 heterocycles. The molecule has 0 bridgehead atoms. The second-order valence-electron chi connectivity index (χ2n) is 4.40. The van der Waals surface area contributed by atoms with E-state index in [0.717, 1.165) is 11.1 Å². The van der Waals surface area contributed by atoms with Gasteiger partial charge in [0, 0.05) is 22.4 Å². The van der Waals surface area contributed by atoms with Crippen LogP contribution in [0.2, 0.25) is 10.0 Å². The molecule has 102 valence electrons. The van der Waals surface area contributed by atoms with E-state index >= 15 is 0 Å². The average Bonchev–Trinajstić information content (AvgIpc) is 2.81. The van der Waals surface area contributed by atoms with Gasteiger partial charge in [-0.1, -0.05) is 41.0 Å². The summed E-state index contributed by atoms with van der Waals surface area (Å²) in [5.41, 5.74) is 7.96. The molecule has 2 atom stereocenters. The molecule has 0 saturated carbocycles. The van der Waals surface area contributed by atoms with Crippen LogP contribution in [0.3, 0.4) is 0 Å². The molecule has 1 aliphatic heterocycles. The Bertz CT molecular complexity index is 661. The number of benzene rings is 1. The highest BCUT2D eigenvalue weighted by Crippen LogP contribution is 2.49. The zero-order valence-electron chi connectivity index (χ0n) is 10.3. The molecule has 0 radical (unpaired) electrons. The maximum Gasteiger partial charge on any atom is 0.155 e. The molecule has 2 N–H and O–H groups in total. The molecule has 6 heteroatoms. The summed E-state index contributed by atoms with van der Waals surface area (Å²) in [5.74, 6) is 0. The largest absolute Gasteiger partial charge is 0.379 e. The number of halogens is 2. The zero-order chi connectivity index (χ0) is 14.1. The van der Waals surface area contributed by atoms with Crippen molar-refractivity contribution in [2.24, 2.45) is 10.7 Å². The highest BCUT2D eigenvalue weighted by atomic mass is 35.5. The molecule has 0 fully saturated rings. The number of aliphatic imine (C=N–C) groups is 1. The van der Waals surface area contributed by atoms with E-state index in [-0.39, 0.29) is 11.3 Å². The van der Waals surface area contributed by atoms with Crippen molar-refractivity contribution in [1.29, 1.82) is 0 Å². The van der Waals surface area contributed by atoms with Crippen LogP contribution >= 0.6 is 35.0 Å². The lowest BCUT2D eigenvalue weighted by atomic mass is 9.99. The summed E-state index contributed by atoms with van der Waals surface area (Å²) in [6.07, 6.45) is 3.51. The fraction of sp³-hybridized carbons (Fsp3) is 0.143. The summed E-state index contributed by atoms with van der Waals surface area (Å²) < 4.78 is 0. The van der Waals surface area contributed by atoms with Gasteiger partial charge in [0.2, 0.25) is 0 Å². The lowest BCUT2D eigenvalue weighted by Crippen LogP contribution is -2.04. The van der Waals surface area contributed by atoms with E-state index < -0.39 is 0 Å². The van der Waals surface area contributed by atoms with Gasteiger partial charge in [0.1, 0.15) is 0 Å². The Morgan fingerprint density at radius 2 is 1.85 bits per heavy atom. The number of amidine groups is 1. The van der Waals surface area contributed by atoms with Crippen LogP contribution in [0.5, 0.6) is 0 Å². The summed E-state index contributed by atoms with van der Waals surface area (Å²) in [4.78, 5) is 8.55. The molecule has 2 aromatic rings. The highest BCUT2D eigenvalue weighted by Gasteiger charge is 2.33. The molecule has 3 rings (SSSR count). The summed E-state index contributed by atoms with van der Waals surface area (Å²) in [7, 11) is 0. The van der Waals surface area contributed by atoms with Crippen molar-refractivity contribution in [3.05, 3.63) is 63.9 Å². The molecular weight excluding hydrogens is 313 g/mol. The second kappa shape index (κ2) is 5.64. The van der Waals surface area contributed by atoms with Crippen molar-refractivity contribution in [1.82, 2.24) is 4.98 Å². The Kier molecular flexibility index (Phi) is 3.87. The van der Waals surface area contributed by atoms with Crippen LogP contribution in [-0.4, -0.2) is 10.2 Å². The van der Waals surface area contributed by atoms with Gasteiger partial charge < -0.3 is 5.73 Å². The Hall–Kier alpha value is -1.23. The fourth-order valence-electron chi connectivity index (χ4n) is 2.21. The average molecular weight is 324 g/mol. The molecule has 3 nitrogen and oxygen atoms in total. The molecule has 1 aliphatic rings. The molecule has 0 spiro atoms. The minimum absolute atomic E-state index is 0.0540. The predicted molar refractivity (Wildman–Crippen MR) is 85.4 cm³/mol. The molecule has 0 amide bonds. The Morgan fingerprint density at radius 1 is 1.10 bits per heavy atom. The molecule has 2 unspecified atom stereocenters. The Labute approximate surface area is 131 Å². The van der Waals surface area contributed by atoms with Gasteiger partial charge in [0.05, 0.1) is 11.3 Å². The van der Waals surface area contributed by atoms with Crippen molar-refractivity contribution >= 4 is 40.1 Å². The summed E-state index contributed by atoms with van der Waals surface area (Å²) in [5, 5.41) is 1.89. The Balaban J connectivity index is 2.01. The monoisotopic (exact) mass is 323 g/mol. The predicted octanol–water partition coefficient (Wildman–Crippen LogP) is 4.23. The number of aromatic nitrogens is 1. The van der Waals surface area contributed by atoms with Crippen molar-refractivity contribution in [2.45, 2.75) is 11.3 Å². The lowest BCUT2D eigenvalue weighted by molar-refractivity contribution is 0.722. The van der Waals surface area contributed by atoms with Gasteiger partial charge in [0.15, 0.2) is 5.17 Å². The first-order valence-electron chi connectivity index (χ1n) is 6.00. The van der Waals surface area contributed by atoms with E-state index in [1.807, 2.05) is 24.3 Å². The van der Waals surface area contributed by atoms with Gasteiger partial charge in [-0.2, -0.15) is 0 Å². The molecule has 0 saturated heterocycles. The molecule has 1 aromatic carbocycles. The first-order chi connectivity index (χ1) is 9.65. The van der Waals surface area contributed by atoms with Crippen LogP contribution in [0, 0.1) is 0 Å². The van der Waals surface area contributed by atoms with E-state index in [2.05, 4.69) is 9.98 Å². The first kappa shape index (κ1) is 13.7. The van der Waals surface area contributed by atoms with Crippen molar-refractivity contribution in [2.75, 3.05) is 0 Å². The number of nitrogens with zero attached hydrogens (tertiary/aromatic N) is 2. The van der Waals surface area contributed by atoms with Gasteiger partial charge in [-0.25, -0.2) is 0 Å². The summed E-state index contributed by atoms with van der Waals surface area (Å²) >= 11 is 13.8. The zero-order valence-corrected chi connectivity index (χ0v) is 12.7. The number of pyridine rings is 1. The maximum atomic E-state index is 6.31. The second-order valence-corrected chi connectivity index (χ2v) is 6.40. The topological polar surface area (TPSA) is 51.3 Å². The van der Waals surface area contributed by atoms with Crippen LogP contribution in [0.1, 0.15) is 22.4 Å². The molecular formula is C14H11Cl2N3S. The minimum Gasteiger partial charge on any atom is -0.379 e. The third-order valence-corrected chi connectivity index (χ3v) is 4.79. The van der Waals surface area contributed by atoms with E-state index in [9.17, 15) is 0 Å². The van der Waals surface area contributed by atoms with Crippen molar-refractivity contribution in [3.63, 3.8) is 0 Å². The number of rotatable bonds is 2. The third kappa shape index (κ3) is 2.64. The van der Waals surface area contributed by atoms with E-state index in [1.54, 1.807) is 18.5 Å². The van der Waals surface area contributed by atoms with Crippen LogP contribution in [-0.2, 0) is 0 Å². The van der Waals surface area contributed by atoms with Gasteiger partial charge in [-0.15, -0.1) is 0 Å². The third-order valence-electron chi connectivity index (χ3n) is 3.12. The standard InChI is InChI=1S/C14H11Cl2N3S/c15-9-1-2-10(11(16)7-9)13-12(19-14(17)20-13)8-3-5-18-6-4-8/h1-7,12-13H,(H2,17,19). The van der Waals surface area contributed by atoms with Gasteiger partial charge in [-0.05, 0) is 35.4 Å². The van der Waals surface area contributed by atoms with Crippen LogP contribution in [0.15, 0.2) is 47.7 Å². The van der Waals surface area contributed by atoms with Crippen LogP contribution in [0.4, 0.5) is 0 Å². The van der Waals surface area contributed by atoms with E-state index in [1.165, 1.54) is 11.8 Å². The molecule has 20 heavy (non-hydrogen) atoms. The van der Waals surface area contributed by atoms with Crippen molar-refractivity contribution in [3.8, 4) is 0 Å². The SMILES string of the molecule is NC1=NC(c2ccncc2)C(c2ccc(Cl)cc2Cl)S1. The number of thioether (sulfide) groups is 1. The van der Waals surface area contributed by atoms with Crippen LogP contribution < -0.4 is 5.73 Å². The van der Waals surface area contributed by atoms with Crippen LogP contribution in [0.25, 0.3) is 0 Å². The number of nitrogens with two attached hydrogens (primary N) is 1. The smallest absolute Gasteiger partial charge is 0.155 e. The summed E-state index contributed by atoms with van der Waals surface area (Å²) in [6.45, 7) is 0. The molecule has 1 aromatic heterocycles. The van der Waals surface area contributed by atoms with Crippen molar-refractivity contribution < 1.29 is 0 Å². The first-order valence-corrected chi connectivity index (χ1v) is 7.63. The minimum atomic E-state index is -0.0540. The number of hydrogen-bond donors (Lipinski definition) is 1. The normalized spacial score (nSPS) is 21.8. The lowest BCUT2D eigenvalue weighted by Gasteiger charge is -2.18. The molecule has 0 aliphatic carbocycles. The Morgan fingerprint density at radius 3 is 2.55 bits per heavy atom. The van der Waals surface area contributed by atoms with E-state index in [0.29, 0.717) is 15.2 Å². The maximum absolute atomic E-state index is 6.31. The van der Waals surface area contributed by atoms with Gasteiger partial charge in [0.25, 0.3) is 0 Å². The van der Waals surface area contributed by atoms with Gasteiger partial charge in [-0.3, -0.25) is 9.98 Å². The highest BCUT2D eigenvalue weighted by molar-refractivity contribution is 8.14. The van der Waals surface area contributed by atoms with E-state index in [4.69, 9.17) is 28.9 Å². The fourth-order valence-corrected chi connectivity index (χ4v) is 3.91. The number of hydrogen-bond acceptors (Lipinski definition) is 4. The van der Waals surface area contributed by atoms with Gasteiger partial charge >= 0.3 is 0 Å². The quantitative estimate of drug-likeness (QED) is 0.899. The summed E-state index contributed by atoms with van der Waals surface area (Å²) in [6, 6.07) is 9.36.